The molecule has 1 amide bonds. The summed E-state index contributed by atoms with van der Waals surface area (Å²) < 4.78 is 1.57. The summed E-state index contributed by atoms with van der Waals surface area (Å²) in [6.07, 6.45) is 6.15. The molecule has 1 aromatic rings. The van der Waals surface area contributed by atoms with Gasteiger partial charge in [-0.3, -0.25) is 9.36 Å². The molecule has 0 spiro atoms. The molecule has 0 unspecified atom stereocenters. The van der Waals surface area contributed by atoms with Gasteiger partial charge in [-0.25, -0.2) is 0 Å². The smallest absolute Gasteiger partial charge is 0.219 e. The van der Waals surface area contributed by atoms with Crippen LogP contribution >= 0.6 is 11.8 Å². The molecule has 144 valence electrons. The zero-order chi connectivity index (χ0) is 18.9. The van der Waals surface area contributed by atoms with E-state index in [0.29, 0.717) is 13.0 Å². The zero-order valence-electron chi connectivity index (χ0n) is 16.1. The van der Waals surface area contributed by atoms with Crippen molar-refractivity contribution in [3.63, 3.8) is 0 Å². The van der Waals surface area contributed by atoms with Gasteiger partial charge >= 0.3 is 0 Å². The monoisotopic (exact) mass is 370 g/mol. The molecule has 1 aromatic heterocycles. The molecule has 3 N–H and O–H groups in total. The van der Waals surface area contributed by atoms with Gasteiger partial charge < -0.3 is 15.5 Å². The average molecular weight is 371 g/mol. The van der Waals surface area contributed by atoms with Crippen LogP contribution in [0.2, 0.25) is 0 Å². The third-order valence-electron chi connectivity index (χ3n) is 4.39. The van der Waals surface area contributed by atoms with E-state index in [2.05, 4.69) is 33.0 Å². The fraction of sp³-hybridized carbons (Fsp3) is 0.737. The number of amides is 1. The normalized spacial score (nSPS) is 11.7. The molecule has 0 bridgehead atoms. The van der Waals surface area contributed by atoms with Gasteiger partial charge in [0.25, 0.3) is 0 Å². The molecule has 0 radical (unpaired) electrons. The van der Waals surface area contributed by atoms with E-state index in [1.54, 1.807) is 22.4 Å². The van der Waals surface area contributed by atoms with E-state index >= 15 is 0 Å². The number of rotatable bonds is 12. The highest BCUT2D eigenvalue weighted by Crippen LogP contribution is 2.43. The Balaban J connectivity index is 2.38. The minimum atomic E-state index is 0.0151. The first-order chi connectivity index (χ1) is 11.8. The van der Waals surface area contributed by atoms with Gasteiger partial charge in [-0.05, 0) is 25.7 Å². The van der Waals surface area contributed by atoms with Crippen LogP contribution in [0.4, 0.5) is 0 Å². The maximum Gasteiger partial charge on any atom is 0.219 e. The van der Waals surface area contributed by atoms with Crippen LogP contribution in [0.1, 0.15) is 72.6 Å². The van der Waals surface area contributed by atoms with Crippen LogP contribution in [0.15, 0.2) is 11.0 Å². The van der Waals surface area contributed by atoms with Gasteiger partial charge in [0, 0.05) is 30.3 Å². The molecule has 0 saturated heterocycles. The highest BCUT2D eigenvalue weighted by Gasteiger charge is 2.22. The first-order valence-electron chi connectivity index (χ1n) is 9.38. The van der Waals surface area contributed by atoms with Gasteiger partial charge in [0.05, 0.1) is 4.90 Å². The Morgan fingerprint density at radius 2 is 1.92 bits per heavy atom. The summed E-state index contributed by atoms with van der Waals surface area (Å²) in [4.78, 5) is 12.3. The number of nitrogens with one attached hydrogen (secondary N) is 1. The summed E-state index contributed by atoms with van der Waals surface area (Å²) in [6, 6.07) is 1.64. The lowest BCUT2D eigenvalue weighted by molar-refractivity contribution is -0.121. The Morgan fingerprint density at radius 1 is 1.20 bits per heavy atom. The van der Waals surface area contributed by atoms with Crippen LogP contribution in [-0.4, -0.2) is 32.0 Å². The minimum absolute atomic E-state index is 0.0151. The molecule has 0 saturated carbocycles. The predicted octanol–water partition coefficient (Wildman–Crippen LogP) is 4.66. The number of thioether (sulfide) groups is 1. The maximum absolute atomic E-state index is 11.6. The second-order valence-electron chi connectivity index (χ2n) is 7.07. The Hall–Kier alpha value is -1.30. The van der Waals surface area contributed by atoms with Gasteiger partial charge in [0.2, 0.25) is 11.8 Å². The Bertz CT molecular complexity index is 541. The number of carbonyl (C=O) groups is 1. The third kappa shape index (κ3) is 7.63. The number of nitrogens with zero attached hydrogens (tertiary/aromatic N) is 1. The molecule has 0 aromatic carbocycles. The summed E-state index contributed by atoms with van der Waals surface area (Å²) in [5.41, 5.74) is 0. The Labute approximate surface area is 156 Å². The van der Waals surface area contributed by atoms with E-state index < -0.39 is 0 Å². The average Bonchev–Trinajstić information content (AvgIpc) is 2.81. The van der Waals surface area contributed by atoms with E-state index in [1.807, 2.05) is 0 Å². The second-order valence-corrected chi connectivity index (χ2v) is 8.82. The number of carbonyl (C=O) groups excluding carboxylic acids is 1. The predicted molar refractivity (Wildman–Crippen MR) is 104 cm³/mol. The number of aromatic nitrogens is 1. The molecule has 0 atom stereocenters. The summed E-state index contributed by atoms with van der Waals surface area (Å²) >= 11 is 1.58. The Morgan fingerprint density at radius 3 is 2.56 bits per heavy atom. The van der Waals surface area contributed by atoms with Gasteiger partial charge in [0.15, 0.2) is 5.88 Å². The first-order valence-corrected chi connectivity index (χ1v) is 10.2. The molecule has 0 aliphatic rings. The van der Waals surface area contributed by atoms with Crippen LogP contribution < -0.4 is 5.32 Å². The van der Waals surface area contributed by atoms with Crippen LogP contribution in [0.3, 0.4) is 0 Å². The second kappa shape index (κ2) is 10.6. The number of hydrogen-bond donors (Lipinski definition) is 3. The standard InChI is InChI=1S/C19H34N2O3S/c1-5-7-12-20-16(22)11-9-8-10-13-21-17(23)14-15(18(21)24)25-19(3,4)6-2/h14,23-24H,5-13H2,1-4H3,(H,20,22). The maximum atomic E-state index is 11.6. The van der Waals surface area contributed by atoms with Crippen molar-refractivity contribution in [2.24, 2.45) is 0 Å². The van der Waals surface area contributed by atoms with Crippen molar-refractivity contribution in [1.82, 2.24) is 9.88 Å². The van der Waals surface area contributed by atoms with Crippen molar-refractivity contribution in [2.75, 3.05) is 6.54 Å². The van der Waals surface area contributed by atoms with Crippen molar-refractivity contribution in [3.8, 4) is 11.8 Å². The van der Waals surface area contributed by atoms with E-state index in [-0.39, 0.29) is 22.4 Å². The zero-order valence-corrected chi connectivity index (χ0v) is 16.9. The lowest BCUT2D eigenvalue weighted by Gasteiger charge is -2.21. The molecule has 1 heterocycles. The SMILES string of the molecule is CCCCNC(=O)CCCCCn1c(O)cc(SC(C)(C)CC)c1O. The summed E-state index contributed by atoms with van der Waals surface area (Å²) in [7, 11) is 0. The van der Waals surface area contributed by atoms with E-state index in [0.717, 1.165) is 50.0 Å². The Kier molecular flexibility index (Phi) is 9.25. The highest BCUT2D eigenvalue weighted by atomic mass is 32.2. The van der Waals surface area contributed by atoms with Gasteiger partial charge in [-0.1, -0.05) is 40.5 Å². The van der Waals surface area contributed by atoms with E-state index in [4.69, 9.17) is 0 Å². The number of unbranched alkanes of at least 4 members (excludes halogenated alkanes) is 3. The topological polar surface area (TPSA) is 74.5 Å². The molecule has 0 aliphatic carbocycles. The first kappa shape index (κ1) is 21.7. The molecule has 5 nitrogen and oxygen atoms in total. The van der Waals surface area contributed by atoms with Crippen LogP contribution in [0.5, 0.6) is 11.8 Å². The fourth-order valence-corrected chi connectivity index (χ4v) is 3.50. The largest absolute Gasteiger partial charge is 0.494 e. The summed E-state index contributed by atoms with van der Waals surface area (Å²) in [6.45, 7) is 9.77. The number of hydrogen-bond acceptors (Lipinski definition) is 4. The minimum Gasteiger partial charge on any atom is -0.494 e. The summed E-state index contributed by atoms with van der Waals surface area (Å²) in [5, 5.41) is 23.3. The van der Waals surface area contributed by atoms with Gasteiger partial charge in [0.1, 0.15) is 0 Å². The van der Waals surface area contributed by atoms with Gasteiger partial charge in [-0.2, -0.15) is 0 Å². The third-order valence-corrected chi connectivity index (χ3v) is 5.75. The lowest BCUT2D eigenvalue weighted by atomic mass is 10.1. The lowest BCUT2D eigenvalue weighted by Crippen LogP contribution is -2.23. The van der Waals surface area contributed by atoms with Crippen LogP contribution in [-0.2, 0) is 11.3 Å². The van der Waals surface area contributed by atoms with Gasteiger partial charge in [-0.15, -0.1) is 11.8 Å². The molecular formula is C19H34N2O3S. The van der Waals surface area contributed by atoms with E-state index in [1.165, 1.54) is 0 Å². The van der Waals surface area contributed by atoms with Crippen molar-refractivity contribution >= 4 is 17.7 Å². The van der Waals surface area contributed by atoms with Crippen LogP contribution in [0.25, 0.3) is 0 Å². The number of aromatic hydroxyl groups is 2. The summed E-state index contributed by atoms with van der Waals surface area (Å²) in [5.74, 6) is 0.353. The fourth-order valence-electron chi connectivity index (χ4n) is 2.39. The molecule has 6 heteroatoms. The molecule has 1 rings (SSSR count). The quantitative estimate of drug-likeness (QED) is 0.370. The van der Waals surface area contributed by atoms with E-state index in [9.17, 15) is 15.0 Å². The molecule has 0 fully saturated rings. The van der Waals surface area contributed by atoms with Crippen LogP contribution in [0, 0.1) is 0 Å². The molecular weight excluding hydrogens is 336 g/mol. The van der Waals surface area contributed by atoms with Crippen molar-refractivity contribution < 1.29 is 15.0 Å². The molecule has 0 aliphatic heterocycles. The highest BCUT2D eigenvalue weighted by molar-refractivity contribution is 8.00. The van der Waals surface area contributed by atoms with Crippen molar-refractivity contribution in [3.05, 3.63) is 6.07 Å². The van der Waals surface area contributed by atoms with Crippen molar-refractivity contribution in [2.45, 2.75) is 88.8 Å². The molecule has 25 heavy (non-hydrogen) atoms. The van der Waals surface area contributed by atoms with Crippen molar-refractivity contribution in [1.29, 1.82) is 0 Å².